The molecule has 0 radical (unpaired) electrons. The van der Waals surface area contributed by atoms with E-state index in [1.54, 1.807) is 4.68 Å². The third-order valence-corrected chi connectivity index (χ3v) is 3.18. The monoisotopic (exact) mass is 229 g/mol. The number of rotatable bonds is 3. The maximum Gasteiger partial charge on any atom is 0.0537 e. The van der Waals surface area contributed by atoms with Gasteiger partial charge in [-0.15, -0.1) is 0 Å². The summed E-state index contributed by atoms with van der Waals surface area (Å²) in [6, 6.07) is 6.54. The van der Waals surface area contributed by atoms with Crippen LogP contribution in [0.2, 0.25) is 0 Å². The van der Waals surface area contributed by atoms with E-state index >= 15 is 0 Å². The second-order valence-corrected chi connectivity index (χ2v) is 4.68. The maximum absolute atomic E-state index is 6.18. The highest BCUT2D eigenvalue weighted by Gasteiger charge is 2.09. The van der Waals surface area contributed by atoms with Crippen LogP contribution in [-0.2, 0) is 13.5 Å². The van der Waals surface area contributed by atoms with E-state index in [2.05, 4.69) is 37.1 Å². The van der Waals surface area contributed by atoms with Crippen LogP contribution in [0.15, 0.2) is 30.6 Å². The van der Waals surface area contributed by atoms with Gasteiger partial charge in [-0.1, -0.05) is 18.2 Å². The molecule has 17 heavy (non-hydrogen) atoms. The Bertz CT molecular complexity index is 514. The van der Waals surface area contributed by atoms with Gasteiger partial charge in [0.15, 0.2) is 0 Å². The highest BCUT2D eigenvalue weighted by Crippen LogP contribution is 2.17. The van der Waals surface area contributed by atoms with Crippen LogP contribution < -0.4 is 5.73 Å². The van der Waals surface area contributed by atoms with E-state index in [0.29, 0.717) is 0 Å². The molecule has 1 heterocycles. The Morgan fingerprint density at radius 3 is 2.65 bits per heavy atom. The lowest BCUT2D eigenvalue weighted by Gasteiger charge is -2.11. The molecule has 0 amide bonds. The largest absolute Gasteiger partial charge is 0.324 e. The summed E-state index contributed by atoms with van der Waals surface area (Å²) in [7, 11) is 1.91. The summed E-state index contributed by atoms with van der Waals surface area (Å²) in [5, 5.41) is 4.15. The van der Waals surface area contributed by atoms with Crippen LogP contribution >= 0.6 is 0 Å². The van der Waals surface area contributed by atoms with Crippen LogP contribution in [0.4, 0.5) is 0 Å². The Morgan fingerprint density at radius 2 is 2.06 bits per heavy atom. The molecule has 1 aromatic heterocycles. The van der Waals surface area contributed by atoms with Crippen molar-refractivity contribution in [2.75, 3.05) is 0 Å². The van der Waals surface area contributed by atoms with Crippen molar-refractivity contribution in [2.45, 2.75) is 26.3 Å². The van der Waals surface area contributed by atoms with Crippen molar-refractivity contribution in [2.24, 2.45) is 12.8 Å². The van der Waals surface area contributed by atoms with Gasteiger partial charge < -0.3 is 5.73 Å². The molecule has 0 saturated carbocycles. The van der Waals surface area contributed by atoms with Crippen molar-refractivity contribution in [3.05, 3.63) is 52.8 Å². The molecule has 0 aliphatic rings. The van der Waals surface area contributed by atoms with E-state index in [1.165, 1.54) is 16.7 Å². The first-order valence-corrected chi connectivity index (χ1v) is 5.86. The Kier molecular flexibility index (Phi) is 3.29. The van der Waals surface area contributed by atoms with E-state index in [-0.39, 0.29) is 6.04 Å². The van der Waals surface area contributed by atoms with E-state index in [9.17, 15) is 0 Å². The fourth-order valence-corrected chi connectivity index (χ4v) is 1.93. The lowest BCUT2D eigenvalue weighted by atomic mass is 9.99. The number of hydrogen-bond donors (Lipinski definition) is 1. The molecule has 2 N–H and O–H groups in total. The zero-order valence-corrected chi connectivity index (χ0v) is 10.6. The molecule has 0 saturated heterocycles. The lowest BCUT2D eigenvalue weighted by Crippen LogP contribution is -2.12. The molecule has 1 aromatic carbocycles. The Hall–Kier alpha value is -1.61. The number of nitrogens with zero attached hydrogens (tertiary/aromatic N) is 2. The fraction of sp³-hybridized carbons (Fsp3) is 0.357. The van der Waals surface area contributed by atoms with Crippen molar-refractivity contribution in [3.8, 4) is 0 Å². The molecule has 0 aliphatic carbocycles. The molecule has 1 unspecified atom stereocenters. The van der Waals surface area contributed by atoms with Gasteiger partial charge >= 0.3 is 0 Å². The lowest BCUT2D eigenvalue weighted by molar-refractivity contribution is 0.716. The minimum Gasteiger partial charge on any atom is -0.324 e. The maximum atomic E-state index is 6.18. The number of aromatic nitrogens is 2. The Labute approximate surface area is 102 Å². The van der Waals surface area contributed by atoms with E-state index in [1.807, 2.05) is 19.4 Å². The summed E-state index contributed by atoms with van der Waals surface area (Å²) in [5.74, 6) is 0. The number of hydrogen-bond acceptors (Lipinski definition) is 2. The summed E-state index contributed by atoms with van der Waals surface area (Å²) in [4.78, 5) is 0. The highest BCUT2D eigenvalue weighted by molar-refractivity contribution is 5.31. The first kappa shape index (κ1) is 11.9. The van der Waals surface area contributed by atoms with Crippen molar-refractivity contribution >= 4 is 0 Å². The molecule has 2 rings (SSSR count). The van der Waals surface area contributed by atoms with Crippen molar-refractivity contribution in [1.82, 2.24) is 9.78 Å². The second kappa shape index (κ2) is 4.72. The van der Waals surface area contributed by atoms with Crippen LogP contribution in [0.25, 0.3) is 0 Å². The molecular formula is C14H19N3. The number of nitrogens with two attached hydrogens (primary N) is 1. The highest BCUT2D eigenvalue weighted by atomic mass is 15.2. The van der Waals surface area contributed by atoms with Gasteiger partial charge in [0.2, 0.25) is 0 Å². The molecule has 2 aromatic rings. The third-order valence-electron chi connectivity index (χ3n) is 3.18. The summed E-state index contributed by atoms with van der Waals surface area (Å²) < 4.78 is 1.79. The average molecular weight is 229 g/mol. The summed E-state index contributed by atoms with van der Waals surface area (Å²) in [6.07, 6.45) is 4.67. The van der Waals surface area contributed by atoms with Crippen molar-refractivity contribution in [1.29, 1.82) is 0 Å². The Morgan fingerprint density at radius 1 is 1.29 bits per heavy atom. The third kappa shape index (κ3) is 2.74. The predicted molar refractivity (Wildman–Crippen MR) is 69.8 cm³/mol. The molecule has 0 fully saturated rings. The molecule has 3 heteroatoms. The summed E-state index contributed by atoms with van der Waals surface area (Å²) in [6.45, 7) is 4.26. The molecule has 90 valence electrons. The summed E-state index contributed by atoms with van der Waals surface area (Å²) >= 11 is 0. The molecule has 3 nitrogen and oxygen atoms in total. The van der Waals surface area contributed by atoms with Gasteiger partial charge in [0.25, 0.3) is 0 Å². The molecular weight excluding hydrogens is 210 g/mol. The van der Waals surface area contributed by atoms with Gasteiger partial charge in [-0.25, -0.2) is 0 Å². The van der Waals surface area contributed by atoms with Gasteiger partial charge in [-0.05, 0) is 37.0 Å². The van der Waals surface area contributed by atoms with Crippen LogP contribution in [-0.4, -0.2) is 9.78 Å². The van der Waals surface area contributed by atoms with Gasteiger partial charge in [0.05, 0.1) is 6.20 Å². The Balaban J connectivity index is 2.12. The zero-order valence-electron chi connectivity index (χ0n) is 10.6. The topological polar surface area (TPSA) is 43.8 Å². The quantitative estimate of drug-likeness (QED) is 0.877. The van der Waals surface area contributed by atoms with Crippen LogP contribution in [0.5, 0.6) is 0 Å². The first-order chi connectivity index (χ1) is 8.06. The van der Waals surface area contributed by atoms with Crippen molar-refractivity contribution in [3.63, 3.8) is 0 Å². The van der Waals surface area contributed by atoms with Gasteiger partial charge in [-0.2, -0.15) is 5.10 Å². The van der Waals surface area contributed by atoms with E-state index < -0.39 is 0 Å². The fourth-order valence-electron chi connectivity index (χ4n) is 1.93. The van der Waals surface area contributed by atoms with E-state index in [0.717, 1.165) is 12.0 Å². The van der Waals surface area contributed by atoms with Crippen LogP contribution in [0, 0.1) is 13.8 Å². The van der Waals surface area contributed by atoms with Crippen molar-refractivity contribution < 1.29 is 0 Å². The zero-order chi connectivity index (χ0) is 12.4. The van der Waals surface area contributed by atoms with Crippen LogP contribution in [0.3, 0.4) is 0 Å². The minimum absolute atomic E-state index is 0.0193. The summed E-state index contributed by atoms with van der Waals surface area (Å²) in [5.41, 5.74) is 11.2. The normalized spacial score (nSPS) is 12.7. The SMILES string of the molecule is Cc1ccc(CC(N)c2cnn(C)c2)cc1C. The smallest absolute Gasteiger partial charge is 0.0537 e. The standard InChI is InChI=1S/C14H19N3/c1-10-4-5-12(6-11(10)2)7-14(15)13-8-16-17(3)9-13/h4-6,8-9,14H,7,15H2,1-3H3. The minimum atomic E-state index is 0.0193. The van der Waals surface area contributed by atoms with Crippen LogP contribution in [0.1, 0.15) is 28.3 Å². The first-order valence-electron chi connectivity index (χ1n) is 5.86. The average Bonchev–Trinajstić information content (AvgIpc) is 2.70. The molecule has 0 aliphatic heterocycles. The molecule has 0 bridgehead atoms. The number of benzene rings is 1. The number of aryl methyl sites for hydroxylation is 3. The van der Waals surface area contributed by atoms with Gasteiger partial charge in [-0.3, -0.25) is 4.68 Å². The van der Waals surface area contributed by atoms with Gasteiger partial charge in [0.1, 0.15) is 0 Å². The second-order valence-electron chi connectivity index (χ2n) is 4.68. The molecule has 0 spiro atoms. The molecule has 1 atom stereocenters. The van der Waals surface area contributed by atoms with E-state index in [4.69, 9.17) is 5.73 Å². The van der Waals surface area contributed by atoms with Gasteiger partial charge in [0, 0.05) is 24.8 Å². The predicted octanol–water partition coefficient (Wildman–Crippen LogP) is 2.28.